The average Bonchev–Trinajstić information content (AvgIpc) is 2.94. The molecule has 5 nitrogen and oxygen atoms in total. The summed E-state index contributed by atoms with van der Waals surface area (Å²) in [5.41, 5.74) is 1.22. The van der Waals surface area contributed by atoms with Gasteiger partial charge in [-0.3, -0.25) is 9.89 Å². The molecule has 0 radical (unpaired) electrons. The number of halogens is 1. The standard InChI is InChI=1S/C17H31N5S.HI/c1-13(2)9-19-17(18-4)20-10-15-5-7-22(8-6-15)11-16-12-23-14(3)21-16;/h12-13,15H,5-11H2,1-4H3,(H2,18,19,20);1H. The first-order chi connectivity index (χ1) is 11.1. The summed E-state index contributed by atoms with van der Waals surface area (Å²) in [6.45, 7) is 11.8. The number of aliphatic imine (C=N–C) groups is 1. The van der Waals surface area contributed by atoms with Crippen molar-refractivity contribution in [3.8, 4) is 0 Å². The zero-order valence-corrected chi connectivity index (χ0v) is 18.5. The summed E-state index contributed by atoms with van der Waals surface area (Å²) in [4.78, 5) is 11.4. The summed E-state index contributed by atoms with van der Waals surface area (Å²) in [7, 11) is 1.84. The molecule has 1 aliphatic rings. The minimum Gasteiger partial charge on any atom is -0.356 e. The van der Waals surface area contributed by atoms with E-state index < -0.39 is 0 Å². The van der Waals surface area contributed by atoms with E-state index in [1.807, 2.05) is 7.05 Å². The van der Waals surface area contributed by atoms with Crippen LogP contribution in [0.25, 0.3) is 0 Å². The van der Waals surface area contributed by atoms with Gasteiger partial charge in [0.05, 0.1) is 10.7 Å². The molecule has 0 saturated carbocycles. The Balaban J connectivity index is 0.00000288. The van der Waals surface area contributed by atoms with Gasteiger partial charge in [-0.2, -0.15) is 0 Å². The smallest absolute Gasteiger partial charge is 0.190 e. The topological polar surface area (TPSA) is 52.6 Å². The third kappa shape index (κ3) is 7.65. The number of hydrogen-bond donors (Lipinski definition) is 2. The Kier molecular flexibility index (Phi) is 10.1. The molecule has 1 saturated heterocycles. The molecule has 0 aliphatic carbocycles. The van der Waals surface area contributed by atoms with Crippen molar-refractivity contribution in [3.05, 3.63) is 16.1 Å². The van der Waals surface area contributed by atoms with Gasteiger partial charge in [0, 0.05) is 32.1 Å². The fourth-order valence-electron chi connectivity index (χ4n) is 2.82. The molecule has 0 bridgehead atoms. The van der Waals surface area contributed by atoms with Crippen molar-refractivity contribution < 1.29 is 0 Å². The lowest BCUT2D eigenvalue weighted by molar-refractivity contribution is 0.176. The second kappa shape index (κ2) is 11.3. The zero-order valence-electron chi connectivity index (χ0n) is 15.3. The predicted molar refractivity (Wildman–Crippen MR) is 114 cm³/mol. The van der Waals surface area contributed by atoms with Crippen LogP contribution in [0.1, 0.15) is 37.4 Å². The van der Waals surface area contributed by atoms with E-state index in [-0.39, 0.29) is 24.0 Å². The molecule has 0 spiro atoms. The van der Waals surface area contributed by atoms with E-state index in [1.54, 1.807) is 11.3 Å². The van der Waals surface area contributed by atoms with Gasteiger partial charge in [-0.05, 0) is 44.7 Å². The molecule has 24 heavy (non-hydrogen) atoms. The molecular weight excluding hydrogens is 433 g/mol. The summed E-state index contributed by atoms with van der Waals surface area (Å²) in [5.74, 6) is 2.30. The first kappa shape index (κ1) is 21.6. The van der Waals surface area contributed by atoms with Crippen LogP contribution in [0.5, 0.6) is 0 Å². The van der Waals surface area contributed by atoms with E-state index >= 15 is 0 Å². The van der Waals surface area contributed by atoms with Gasteiger partial charge >= 0.3 is 0 Å². The van der Waals surface area contributed by atoms with E-state index in [0.717, 1.165) is 31.5 Å². The highest BCUT2D eigenvalue weighted by Crippen LogP contribution is 2.19. The van der Waals surface area contributed by atoms with Crippen LogP contribution in [0.4, 0.5) is 0 Å². The van der Waals surface area contributed by atoms with Crippen LogP contribution in [0.15, 0.2) is 10.4 Å². The summed E-state index contributed by atoms with van der Waals surface area (Å²) >= 11 is 1.75. The summed E-state index contributed by atoms with van der Waals surface area (Å²) in [6.07, 6.45) is 2.49. The Labute approximate surface area is 167 Å². The average molecular weight is 465 g/mol. The molecule has 1 aliphatic heterocycles. The lowest BCUT2D eigenvalue weighted by Gasteiger charge is -2.31. The van der Waals surface area contributed by atoms with Crippen molar-refractivity contribution in [2.45, 2.75) is 40.2 Å². The first-order valence-electron chi connectivity index (χ1n) is 8.64. The maximum Gasteiger partial charge on any atom is 0.190 e. The summed E-state index contributed by atoms with van der Waals surface area (Å²) in [6, 6.07) is 0. The molecule has 0 unspecified atom stereocenters. The summed E-state index contributed by atoms with van der Waals surface area (Å²) in [5, 5.41) is 10.2. The van der Waals surface area contributed by atoms with Crippen molar-refractivity contribution >= 4 is 41.3 Å². The highest BCUT2D eigenvalue weighted by atomic mass is 127. The second-order valence-corrected chi connectivity index (χ2v) is 7.87. The Morgan fingerprint density at radius 2 is 2.08 bits per heavy atom. The highest BCUT2D eigenvalue weighted by Gasteiger charge is 2.20. The number of piperidine rings is 1. The maximum atomic E-state index is 4.57. The number of aryl methyl sites for hydroxylation is 1. The van der Waals surface area contributed by atoms with Crippen LogP contribution in [0, 0.1) is 18.8 Å². The molecule has 1 fully saturated rings. The van der Waals surface area contributed by atoms with Crippen molar-refractivity contribution in [1.82, 2.24) is 20.5 Å². The number of guanidine groups is 1. The largest absolute Gasteiger partial charge is 0.356 e. The van der Waals surface area contributed by atoms with Crippen LogP contribution in [-0.4, -0.2) is 49.1 Å². The van der Waals surface area contributed by atoms with Crippen LogP contribution in [0.2, 0.25) is 0 Å². The van der Waals surface area contributed by atoms with Crippen molar-refractivity contribution in [1.29, 1.82) is 0 Å². The van der Waals surface area contributed by atoms with Crippen molar-refractivity contribution in [3.63, 3.8) is 0 Å². The lowest BCUT2D eigenvalue weighted by atomic mass is 9.97. The molecule has 0 atom stereocenters. The number of aromatic nitrogens is 1. The number of hydrogen-bond acceptors (Lipinski definition) is 4. The molecular formula is C17H32IN5S. The molecule has 2 N–H and O–H groups in total. The number of thiazole rings is 1. The fourth-order valence-corrected chi connectivity index (χ4v) is 3.42. The Morgan fingerprint density at radius 3 is 2.62 bits per heavy atom. The predicted octanol–water partition coefficient (Wildman–Crippen LogP) is 3.10. The van der Waals surface area contributed by atoms with Crippen LogP contribution >= 0.6 is 35.3 Å². The normalized spacial score (nSPS) is 17.0. The van der Waals surface area contributed by atoms with Gasteiger partial charge in [0.2, 0.25) is 0 Å². The van der Waals surface area contributed by atoms with Crippen molar-refractivity contribution in [2.24, 2.45) is 16.8 Å². The van der Waals surface area contributed by atoms with Gasteiger partial charge in [0.15, 0.2) is 5.96 Å². The van der Waals surface area contributed by atoms with Crippen molar-refractivity contribution in [2.75, 3.05) is 33.2 Å². The lowest BCUT2D eigenvalue weighted by Crippen LogP contribution is -2.43. The fraction of sp³-hybridized carbons (Fsp3) is 0.765. The van der Waals surface area contributed by atoms with Crippen LogP contribution < -0.4 is 10.6 Å². The van der Waals surface area contributed by atoms with Gasteiger partial charge in [-0.15, -0.1) is 35.3 Å². The quantitative estimate of drug-likeness (QED) is 0.385. The molecule has 138 valence electrons. The molecule has 0 amide bonds. The van der Waals surface area contributed by atoms with Gasteiger partial charge in [-0.1, -0.05) is 13.8 Å². The second-order valence-electron chi connectivity index (χ2n) is 6.81. The Bertz CT molecular complexity index is 495. The number of likely N-dealkylation sites (tertiary alicyclic amines) is 1. The monoisotopic (exact) mass is 465 g/mol. The third-order valence-electron chi connectivity index (χ3n) is 4.22. The molecule has 0 aromatic carbocycles. The van der Waals surface area contributed by atoms with E-state index in [2.05, 4.69) is 51.7 Å². The van der Waals surface area contributed by atoms with Gasteiger partial charge < -0.3 is 10.6 Å². The Hall–Kier alpha value is -0.410. The van der Waals surface area contributed by atoms with Gasteiger partial charge in [-0.25, -0.2) is 4.98 Å². The SMILES string of the molecule is CN=C(NCC(C)C)NCC1CCN(Cc2csc(C)n2)CC1.I. The number of rotatable bonds is 6. The van der Waals surface area contributed by atoms with E-state index in [9.17, 15) is 0 Å². The molecule has 7 heteroatoms. The molecule has 2 heterocycles. The Morgan fingerprint density at radius 1 is 1.38 bits per heavy atom. The third-order valence-corrected chi connectivity index (χ3v) is 5.04. The van der Waals surface area contributed by atoms with Gasteiger partial charge in [0.1, 0.15) is 0 Å². The maximum absolute atomic E-state index is 4.57. The molecule has 1 aromatic rings. The van der Waals surface area contributed by atoms with Crippen LogP contribution in [-0.2, 0) is 6.54 Å². The first-order valence-corrected chi connectivity index (χ1v) is 9.52. The van der Waals surface area contributed by atoms with Crippen LogP contribution in [0.3, 0.4) is 0 Å². The number of nitrogens with zero attached hydrogens (tertiary/aromatic N) is 3. The van der Waals surface area contributed by atoms with E-state index in [1.165, 1.54) is 36.6 Å². The highest BCUT2D eigenvalue weighted by molar-refractivity contribution is 14.0. The zero-order chi connectivity index (χ0) is 16.7. The molecule has 1 aromatic heterocycles. The minimum atomic E-state index is 0. The number of nitrogens with one attached hydrogen (secondary N) is 2. The molecule has 2 rings (SSSR count). The van der Waals surface area contributed by atoms with E-state index in [4.69, 9.17) is 0 Å². The minimum absolute atomic E-state index is 0. The van der Waals surface area contributed by atoms with Gasteiger partial charge in [0.25, 0.3) is 0 Å². The van der Waals surface area contributed by atoms with E-state index in [0.29, 0.717) is 5.92 Å². The summed E-state index contributed by atoms with van der Waals surface area (Å²) < 4.78 is 0.